The van der Waals surface area contributed by atoms with E-state index in [1.165, 1.54) is 5.56 Å². The van der Waals surface area contributed by atoms with E-state index in [1.54, 1.807) is 0 Å². The van der Waals surface area contributed by atoms with Crippen LogP contribution in [0.5, 0.6) is 0 Å². The number of anilines is 1. The summed E-state index contributed by atoms with van der Waals surface area (Å²) in [5.74, 6) is 0.820. The van der Waals surface area contributed by atoms with Gasteiger partial charge in [-0.2, -0.15) is 0 Å². The molecule has 0 spiro atoms. The number of aromatic nitrogens is 2. The number of carbonyl (C=O) groups excluding carboxylic acids is 1. The fraction of sp³-hybridized carbons (Fsp3) is 0.212. The molecule has 5 rings (SSSR count). The quantitative estimate of drug-likeness (QED) is 0.245. The summed E-state index contributed by atoms with van der Waals surface area (Å²) < 4.78 is 2.09. The van der Waals surface area contributed by atoms with Gasteiger partial charge in [-0.05, 0) is 47.7 Å². The van der Waals surface area contributed by atoms with Gasteiger partial charge in [0.05, 0.1) is 17.6 Å². The Morgan fingerprint density at radius 2 is 1.41 bits per heavy atom. The number of para-hydroxylation sites is 3. The predicted octanol–water partition coefficient (Wildman–Crippen LogP) is 7.80. The molecule has 4 nitrogen and oxygen atoms in total. The SMILES string of the molecule is CC(C(=O)N(Cc1ccccc1)c1ccccc1)n1c(-c2ccc(C(C)(C)C)cc2)nc2ccccc21. The monoisotopic (exact) mass is 487 g/mol. The normalized spacial score (nSPS) is 12.4. The zero-order valence-electron chi connectivity index (χ0n) is 21.9. The van der Waals surface area contributed by atoms with Crippen LogP contribution in [0, 0.1) is 0 Å². The van der Waals surface area contributed by atoms with Crippen molar-refractivity contribution in [2.45, 2.75) is 45.7 Å². The highest BCUT2D eigenvalue weighted by Crippen LogP contribution is 2.32. The van der Waals surface area contributed by atoms with Gasteiger partial charge in [-0.15, -0.1) is 0 Å². The average molecular weight is 488 g/mol. The third-order valence-electron chi connectivity index (χ3n) is 6.87. The van der Waals surface area contributed by atoms with E-state index < -0.39 is 6.04 Å². The molecule has 1 heterocycles. The third kappa shape index (κ3) is 5.05. The highest BCUT2D eigenvalue weighted by molar-refractivity contribution is 5.97. The van der Waals surface area contributed by atoms with E-state index in [1.807, 2.05) is 84.6 Å². The Morgan fingerprint density at radius 3 is 2.05 bits per heavy atom. The van der Waals surface area contributed by atoms with Crippen molar-refractivity contribution in [1.29, 1.82) is 0 Å². The number of nitrogens with zero attached hydrogens (tertiary/aromatic N) is 3. The molecule has 186 valence electrons. The standard InChI is InChI=1S/C33H33N3O/c1-24(32(37)35(28-15-9-6-10-16-28)23-25-13-7-5-8-14-25)36-30-18-12-11-17-29(30)34-31(36)26-19-21-27(22-20-26)33(2,3)4/h5-22,24H,23H2,1-4H3. The van der Waals surface area contributed by atoms with E-state index in [-0.39, 0.29) is 11.3 Å². The molecule has 1 atom stereocenters. The van der Waals surface area contributed by atoms with Gasteiger partial charge in [-0.3, -0.25) is 4.79 Å². The van der Waals surface area contributed by atoms with Crippen LogP contribution in [-0.2, 0) is 16.8 Å². The maximum absolute atomic E-state index is 14.2. The number of hydrogen-bond acceptors (Lipinski definition) is 2. The lowest BCUT2D eigenvalue weighted by Gasteiger charge is -2.28. The molecule has 0 saturated carbocycles. The van der Waals surface area contributed by atoms with E-state index in [0.29, 0.717) is 6.54 Å². The number of fused-ring (bicyclic) bond motifs is 1. The van der Waals surface area contributed by atoms with Crippen molar-refractivity contribution < 1.29 is 4.79 Å². The molecule has 0 aliphatic carbocycles. The molecule has 0 N–H and O–H groups in total. The molecule has 0 aliphatic rings. The minimum atomic E-state index is -0.464. The number of rotatable bonds is 6. The molecule has 0 fully saturated rings. The van der Waals surface area contributed by atoms with Crippen molar-refractivity contribution in [3.63, 3.8) is 0 Å². The Bertz CT molecular complexity index is 1500. The molecule has 4 aromatic carbocycles. The molecule has 37 heavy (non-hydrogen) atoms. The fourth-order valence-corrected chi connectivity index (χ4v) is 4.77. The molecule has 0 aliphatic heterocycles. The van der Waals surface area contributed by atoms with Crippen molar-refractivity contribution in [2.24, 2.45) is 0 Å². The van der Waals surface area contributed by atoms with Crippen LogP contribution in [0.2, 0.25) is 0 Å². The lowest BCUT2D eigenvalue weighted by atomic mass is 9.86. The summed E-state index contributed by atoms with van der Waals surface area (Å²) in [5, 5.41) is 0. The topological polar surface area (TPSA) is 38.1 Å². The number of imidazole rings is 1. The van der Waals surface area contributed by atoms with Crippen LogP contribution in [-0.4, -0.2) is 15.5 Å². The maximum Gasteiger partial charge on any atom is 0.250 e. The maximum atomic E-state index is 14.2. The first-order valence-corrected chi connectivity index (χ1v) is 12.8. The molecule has 1 amide bonds. The minimum Gasteiger partial charge on any atom is -0.312 e. The van der Waals surface area contributed by atoms with Gasteiger partial charge >= 0.3 is 0 Å². The molecule has 0 bridgehead atoms. The van der Waals surface area contributed by atoms with Crippen molar-refractivity contribution in [1.82, 2.24) is 9.55 Å². The molecular weight excluding hydrogens is 454 g/mol. The van der Waals surface area contributed by atoms with Gasteiger partial charge in [0.15, 0.2) is 0 Å². The lowest BCUT2D eigenvalue weighted by Crippen LogP contribution is -2.36. The number of hydrogen-bond donors (Lipinski definition) is 0. The van der Waals surface area contributed by atoms with Crippen molar-refractivity contribution in [2.75, 3.05) is 4.90 Å². The van der Waals surface area contributed by atoms with E-state index in [2.05, 4.69) is 61.7 Å². The Kier molecular flexibility index (Phi) is 6.66. The van der Waals surface area contributed by atoms with Gasteiger partial charge in [0, 0.05) is 11.3 Å². The van der Waals surface area contributed by atoms with Crippen LogP contribution >= 0.6 is 0 Å². The summed E-state index contributed by atoms with van der Waals surface area (Å²) in [5.41, 5.74) is 6.12. The van der Waals surface area contributed by atoms with Crippen LogP contribution in [0.1, 0.15) is 44.9 Å². The van der Waals surface area contributed by atoms with Gasteiger partial charge in [-0.1, -0.05) is 106 Å². The summed E-state index contributed by atoms with van der Waals surface area (Å²) in [6.07, 6.45) is 0. The first kappa shape index (κ1) is 24.5. The third-order valence-corrected chi connectivity index (χ3v) is 6.87. The molecule has 0 saturated heterocycles. The second-order valence-corrected chi connectivity index (χ2v) is 10.5. The molecule has 5 aromatic rings. The largest absolute Gasteiger partial charge is 0.312 e. The van der Waals surface area contributed by atoms with Gasteiger partial charge in [0.25, 0.3) is 0 Å². The molecule has 4 heteroatoms. The summed E-state index contributed by atoms with van der Waals surface area (Å²) in [6, 6.07) is 36.2. The van der Waals surface area contributed by atoms with Crippen LogP contribution in [0.3, 0.4) is 0 Å². The van der Waals surface area contributed by atoms with Crippen LogP contribution < -0.4 is 4.90 Å². The summed E-state index contributed by atoms with van der Waals surface area (Å²) in [4.78, 5) is 21.1. The van der Waals surface area contributed by atoms with Crippen LogP contribution in [0.15, 0.2) is 109 Å². The Balaban J connectivity index is 1.59. The zero-order valence-corrected chi connectivity index (χ0v) is 21.9. The number of amides is 1. The van der Waals surface area contributed by atoms with Crippen LogP contribution in [0.25, 0.3) is 22.4 Å². The molecule has 1 aromatic heterocycles. The lowest BCUT2D eigenvalue weighted by molar-refractivity contribution is -0.121. The minimum absolute atomic E-state index is 0.0192. The fourth-order valence-electron chi connectivity index (χ4n) is 4.77. The van der Waals surface area contributed by atoms with Gasteiger partial charge < -0.3 is 9.47 Å². The van der Waals surface area contributed by atoms with Gasteiger partial charge in [-0.25, -0.2) is 4.98 Å². The van der Waals surface area contributed by atoms with Crippen molar-refractivity contribution in [3.8, 4) is 11.4 Å². The summed E-state index contributed by atoms with van der Waals surface area (Å²) in [6.45, 7) is 9.11. The van der Waals surface area contributed by atoms with Crippen molar-refractivity contribution >= 4 is 22.6 Å². The first-order valence-electron chi connectivity index (χ1n) is 12.8. The number of carbonyl (C=O) groups is 1. The van der Waals surface area contributed by atoms with Gasteiger partial charge in [0.1, 0.15) is 11.9 Å². The second kappa shape index (κ2) is 10.1. The molecule has 1 unspecified atom stereocenters. The first-order chi connectivity index (χ1) is 17.8. The Morgan fingerprint density at radius 1 is 0.811 bits per heavy atom. The highest BCUT2D eigenvalue weighted by atomic mass is 16.2. The van der Waals surface area contributed by atoms with E-state index in [0.717, 1.165) is 33.7 Å². The summed E-state index contributed by atoms with van der Waals surface area (Å²) >= 11 is 0. The number of benzene rings is 4. The van der Waals surface area contributed by atoms with Gasteiger partial charge in [0.2, 0.25) is 5.91 Å². The second-order valence-electron chi connectivity index (χ2n) is 10.5. The van der Waals surface area contributed by atoms with Crippen molar-refractivity contribution in [3.05, 3.63) is 120 Å². The Labute approximate surface area is 219 Å². The Hall–Kier alpha value is -4.18. The molecule has 0 radical (unpaired) electrons. The zero-order chi connectivity index (χ0) is 26.0. The average Bonchev–Trinajstić information content (AvgIpc) is 3.31. The smallest absolute Gasteiger partial charge is 0.250 e. The van der Waals surface area contributed by atoms with E-state index in [9.17, 15) is 4.79 Å². The van der Waals surface area contributed by atoms with E-state index in [4.69, 9.17) is 4.98 Å². The highest BCUT2D eigenvalue weighted by Gasteiger charge is 2.28. The summed E-state index contributed by atoms with van der Waals surface area (Å²) in [7, 11) is 0. The molecular formula is C33H33N3O. The predicted molar refractivity (Wildman–Crippen MR) is 153 cm³/mol. The van der Waals surface area contributed by atoms with Crippen LogP contribution in [0.4, 0.5) is 5.69 Å². The van der Waals surface area contributed by atoms with E-state index >= 15 is 0 Å².